The summed E-state index contributed by atoms with van der Waals surface area (Å²) in [5, 5.41) is 0. The molecule has 0 radical (unpaired) electrons. The SMILES string of the molecule is C=CCn1c(C)cc(C(=O)COC(=O)/C=C/c2ccc(OC)c(OC)c2)c1C. The zero-order chi connectivity index (χ0) is 20.7. The van der Waals surface area contributed by atoms with Crippen molar-refractivity contribution >= 4 is 17.8 Å². The number of rotatable bonds is 9. The van der Waals surface area contributed by atoms with Crippen molar-refractivity contribution in [3.63, 3.8) is 0 Å². The van der Waals surface area contributed by atoms with Crippen molar-refractivity contribution in [3.05, 3.63) is 65.5 Å². The molecule has 0 aliphatic carbocycles. The molecule has 1 aromatic heterocycles. The van der Waals surface area contributed by atoms with Crippen molar-refractivity contribution in [2.45, 2.75) is 20.4 Å². The Morgan fingerprint density at radius 1 is 1.11 bits per heavy atom. The van der Waals surface area contributed by atoms with Crippen LogP contribution in [0.5, 0.6) is 11.5 Å². The maximum absolute atomic E-state index is 12.4. The molecule has 0 saturated carbocycles. The molecule has 0 atom stereocenters. The van der Waals surface area contributed by atoms with Gasteiger partial charge in [0, 0.05) is 29.6 Å². The summed E-state index contributed by atoms with van der Waals surface area (Å²) in [6.07, 6.45) is 4.63. The highest BCUT2D eigenvalue weighted by Crippen LogP contribution is 2.28. The number of hydrogen-bond donors (Lipinski definition) is 0. The first-order valence-corrected chi connectivity index (χ1v) is 8.79. The summed E-state index contributed by atoms with van der Waals surface area (Å²) in [6, 6.07) is 7.06. The number of hydrogen-bond acceptors (Lipinski definition) is 5. The second-order valence-corrected chi connectivity index (χ2v) is 6.16. The molecule has 0 saturated heterocycles. The Bertz CT molecular complexity index is 908. The molecule has 0 aliphatic rings. The third-order valence-corrected chi connectivity index (χ3v) is 4.35. The maximum atomic E-state index is 12.4. The van der Waals surface area contributed by atoms with E-state index in [4.69, 9.17) is 14.2 Å². The van der Waals surface area contributed by atoms with Gasteiger partial charge in [-0.1, -0.05) is 12.1 Å². The quantitative estimate of drug-likeness (QED) is 0.286. The van der Waals surface area contributed by atoms with E-state index < -0.39 is 5.97 Å². The monoisotopic (exact) mass is 383 g/mol. The number of carbonyl (C=O) groups excluding carboxylic acids is 2. The van der Waals surface area contributed by atoms with Gasteiger partial charge in [-0.25, -0.2) is 4.79 Å². The van der Waals surface area contributed by atoms with Crippen molar-refractivity contribution in [1.82, 2.24) is 4.57 Å². The van der Waals surface area contributed by atoms with Crippen molar-refractivity contribution < 1.29 is 23.8 Å². The summed E-state index contributed by atoms with van der Waals surface area (Å²) in [4.78, 5) is 24.4. The number of Topliss-reactive ketones (excluding diaryl/α,β-unsaturated/α-hetero) is 1. The average molecular weight is 383 g/mol. The number of aryl methyl sites for hydroxylation is 1. The number of ketones is 1. The molecule has 0 bridgehead atoms. The molecule has 0 spiro atoms. The number of carbonyl (C=O) groups is 2. The van der Waals surface area contributed by atoms with E-state index in [-0.39, 0.29) is 12.4 Å². The van der Waals surface area contributed by atoms with Crippen LogP contribution in [0.3, 0.4) is 0 Å². The van der Waals surface area contributed by atoms with E-state index in [1.807, 2.05) is 18.4 Å². The molecule has 1 aromatic carbocycles. The molecule has 0 unspecified atom stereocenters. The summed E-state index contributed by atoms with van der Waals surface area (Å²) < 4.78 is 17.5. The van der Waals surface area contributed by atoms with Crippen LogP contribution in [0.1, 0.15) is 27.3 Å². The molecule has 6 heteroatoms. The lowest BCUT2D eigenvalue weighted by Gasteiger charge is -2.07. The average Bonchev–Trinajstić information content (AvgIpc) is 2.98. The van der Waals surface area contributed by atoms with Crippen molar-refractivity contribution in [3.8, 4) is 11.5 Å². The normalized spacial score (nSPS) is 10.7. The van der Waals surface area contributed by atoms with Crippen LogP contribution in [-0.4, -0.2) is 37.1 Å². The second-order valence-electron chi connectivity index (χ2n) is 6.16. The first kappa shape index (κ1) is 21.0. The van der Waals surface area contributed by atoms with Gasteiger partial charge in [0.2, 0.25) is 5.78 Å². The molecule has 0 fully saturated rings. The van der Waals surface area contributed by atoms with Gasteiger partial charge in [-0.3, -0.25) is 4.79 Å². The summed E-state index contributed by atoms with van der Waals surface area (Å²) in [5.41, 5.74) is 3.09. The zero-order valence-electron chi connectivity index (χ0n) is 16.7. The van der Waals surface area contributed by atoms with Gasteiger partial charge in [0.25, 0.3) is 0 Å². The van der Waals surface area contributed by atoms with Gasteiger partial charge in [0.1, 0.15) is 0 Å². The summed E-state index contributed by atoms with van der Waals surface area (Å²) in [6.45, 7) is 7.82. The highest BCUT2D eigenvalue weighted by Gasteiger charge is 2.16. The van der Waals surface area contributed by atoms with Crippen molar-refractivity contribution in [1.29, 1.82) is 0 Å². The van der Waals surface area contributed by atoms with Gasteiger partial charge in [-0.15, -0.1) is 6.58 Å². The van der Waals surface area contributed by atoms with E-state index in [2.05, 4.69) is 6.58 Å². The molecule has 2 aromatic rings. The van der Waals surface area contributed by atoms with Crippen LogP contribution in [0.25, 0.3) is 6.08 Å². The first-order chi connectivity index (χ1) is 13.4. The molecular weight excluding hydrogens is 358 g/mol. The fourth-order valence-corrected chi connectivity index (χ4v) is 2.88. The molecule has 0 amide bonds. The number of allylic oxidation sites excluding steroid dienone is 1. The highest BCUT2D eigenvalue weighted by molar-refractivity contribution is 6.00. The van der Waals surface area contributed by atoms with Crippen LogP contribution in [-0.2, 0) is 16.1 Å². The summed E-state index contributed by atoms with van der Waals surface area (Å²) in [7, 11) is 3.09. The van der Waals surface area contributed by atoms with Gasteiger partial charge in [-0.2, -0.15) is 0 Å². The number of benzene rings is 1. The Kier molecular flexibility index (Phi) is 7.21. The van der Waals surface area contributed by atoms with Crippen molar-refractivity contribution in [2.75, 3.05) is 20.8 Å². The zero-order valence-corrected chi connectivity index (χ0v) is 16.7. The van der Waals surface area contributed by atoms with E-state index in [1.54, 1.807) is 43.5 Å². The highest BCUT2D eigenvalue weighted by atomic mass is 16.5. The van der Waals surface area contributed by atoms with E-state index in [1.165, 1.54) is 13.2 Å². The molecule has 0 N–H and O–H groups in total. The molecule has 0 aliphatic heterocycles. The fraction of sp³-hybridized carbons (Fsp3) is 0.273. The third-order valence-electron chi connectivity index (χ3n) is 4.35. The minimum absolute atomic E-state index is 0.240. The van der Waals surface area contributed by atoms with Gasteiger partial charge >= 0.3 is 5.97 Å². The summed E-state index contributed by atoms with van der Waals surface area (Å²) in [5.74, 6) is 0.323. The Labute approximate surface area is 165 Å². The maximum Gasteiger partial charge on any atom is 0.331 e. The Hall–Kier alpha value is -3.28. The largest absolute Gasteiger partial charge is 0.493 e. The van der Waals surface area contributed by atoms with Crippen LogP contribution >= 0.6 is 0 Å². The minimum Gasteiger partial charge on any atom is -0.493 e. The molecule has 2 rings (SSSR count). The van der Waals surface area contributed by atoms with Gasteiger partial charge in [-0.05, 0) is 43.7 Å². The molecule has 6 nitrogen and oxygen atoms in total. The predicted octanol–water partition coefficient (Wildman–Crippen LogP) is 3.75. The van der Waals surface area contributed by atoms with Crippen LogP contribution in [0.4, 0.5) is 0 Å². The Morgan fingerprint density at radius 2 is 1.82 bits per heavy atom. The van der Waals surface area contributed by atoms with E-state index in [9.17, 15) is 9.59 Å². The van der Waals surface area contributed by atoms with Crippen LogP contribution in [0, 0.1) is 13.8 Å². The smallest absolute Gasteiger partial charge is 0.331 e. The van der Waals surface area contributed by atoms with E-state index in [0.29, 0.717) is 23.6 Å². The minimum atomic E-state index is -0.594. The van der Waals surface area contributed by atoms with Gasteiger partial charge in [0.15, 0.2) is 18.1 Å². The number of methoxy groups -OCH3 is 2. The third kappa shape index (κ3) is 4.91. The Morgan fingerprint density at radius 3 is 2.46 bits per heavy atom. The molecule has 1 heterocycles. The fourth-order valence-electron chi connectivity index (χ4n) is 2.88. The standard InChI is InChI=1S/C22H25NO5/c1-6-11-23-15(2)12-18(16(23)3)19(24)14-28-22(25)10-8-17-7-9-20(26-4)21(13-17)27-5/h6-10,12-13H,1,11,14H2,2-5H3/b10-8+. The first-order valence-electron chi connectivity index (χ1n) is 8.79. The van der Waals surface area contributed by atoms with Crippen LogP contribution in [0.15, 0.2) is 43.0 Å². The molecular formula is C22H25NO5. The Balaban J connectivity index is 1.99. The molecule has 28 heavy (non-hydrogen) atoms. The lowest BCUT2D eigenvalue weighted by Crippen LogP contribution is -2.13. The van der Waals surface area contributed by atoms with E-state index in [0.717, 1.165) is 17.0 Å². The lowest BCUT2D eigenvalue weighted by atomic mass is 10.1. The van der Waals surface area contributed by atoms with Crippen LogP contribution in [0.2, 0.25) is 0 Å². The topological polar surface area (TPSA) is 66.8 Å². The van der Waals surface area contributed by atoms with Crippen molar-refractivity contribution in [2.24, 2.45) is 0 Å². The molecule has 148 valence electrons. The number of nitrogens with zero attached hydrogens (tertiary/aromatic N) is 1. The summed E-state index contributed by atoms with van der Waals surface area (Å²) >= 11 is 0. The second kappa shape index (κ2) is 9.60. The van der Waals surface area contributed by atoms with Gasteiger partial charge in [0.05, 0.1) is 14.2 Å². The number of aromatic nitrogens is 1. The van der Waals surface area contributed by atoms with E-state index >= 15 is 0 Å². The predicted molar refractivity (Wildman–Crippen MR) is 108 cm³/mol. The van der Waals surface area contributed by atoms with Gasteiger partial charge < -0.3 is 18.8 Å². The number of ether oxygens (including phenoxy) is 3. The lowest BCUT2D eigenvalue weighted by molar-refractivity contribution is -0.136. The van der Waals surface area contributed by atoms with Crippen LogP contribution < -0.4 is 9.47 Å². The number of esters is 1.